The number of nitrogens with zero attached hydrogens (tertiary/aromatic N) is 6. The molecule has 3 aromatic rings. The molecular formula is C17H21N7O. The number of nitrogens with one attached hydrogen (secondary N) is 1. The van der Waals surface area contributed by atoms with Gasteiger partial charge in [-0.3, -0.25) is 9.89 Å². The Balaban J connectivity index is 1.52. The van der Waals surface area contributed by atoms with Crippen molar-refractivity contribution in [2.75, 3.05) is 13.1 Å². The van der Waals surface area contributed by atoms with E-state index in [4.69, 9.17) is 0 Å². The Morgan fingerprint density at radius 3 is 2.92 bits per heavy atom. The average Bonchev–Trinajstić information content (AvgIpc) is 3.35. The highest BCUT2D eigenvalue weighted by atomic mass is 16.2. The van der Waals surface area contributed by atoms with Crippen LogP contribution in [0.2, 0.25) is 0 Å². The van der Waals surface area contributed by atoms with Gasteiger partial charge in [0.05, 0.1) is 5.69 Å². The molecule has 0 radical (unpaired) electrons. The molecule has 8 heteroatoms. The molecule has 1 atom stereocenters. The molecule has 0 saturated carbocycles. The van der Waals surface area contributed by atoms with Crippen LogP contribution in [0.25, 0.3) is 11.4 Å². The predicted octanol–water partition coefficient (Wildman–Crippen LogP) is 1.56. The van der Waals surface area contributed by atoms with Crippen molar-refractivity contribution < 1.29 is 4.79 Å². The molecule has 130 valence electrons. The molecule has 0 bridgehead atoms. The van der Waals surface area contributed by atoms with Crippen molar-refractivity contribution >= 4 is 5.91 Å². The molecule has 1 amide bonds. The van der Waals surface area contributed by atoms with E-state index in [0.717, 1.165) is 36.6 Å². The van der Waals surface area contributed by atoms with E-state index in [-0.39, 0.29) is 11.8 Å². The molecule has 1 fully saturated rings. The number of carbonyl (C=O) groups is 1. The molecule has 4 heterocycles. The molecule has 0 aromatic carbocycles. The van der Waals surface area contributed by atoms with Gasteiger partial charge in [0.15, 0.2) is 0 Å². The highest BCUT2D eigenvalue weighted by Crippen LogP contribution is 2.26. The lowest BCUT2D eigenvalue weighted by atomic mass is 9.97. The molecule has 0 spiro atoms. The van der Waals surface area contributed by atoms with Gasteiger partial charge in [-0.25, -0.2) is 0 Å². The fraction of sp³-hybridized carbons (Fsp3) is 0.412. The lowest BCUT2D eigenvalue weighted by Gasteiger charge is -2.31. The Labute approximate surface area is 145 Å². The number of hydrogen-bond donors (Lipinski definition) is 1. The second-order valence-corrected chi connectivity index (χ2v) is 6.56. The minimum Gasteiger partial charge on any atom is -0.349 e. The van der Waals surface area contributed by atoms with Crippen LogP contribution in [-0.4, -0.2) is 53.4 Å². The Morgan fingerprint density at radius 1 is 1.32 bits per heavy atom. The summed E-state index contributed by atoms with van der Waals surface area (Å²) in [4.78, 5) is 14.8. The largest absolute Gasteiger partial charge is 0.349 e. The molecule has 1 aliphatic rings. The van der Waals surface area contributed by atoms with Crippen LogP contribution < -0.4 is 0 Å². The summed E-state index contributed by atoms with van der Waals surface area (Å²) in [5.74, 6) is 1.15. The molecule has 25 heavy (non-hydrogen) atoms. The van der Waals surface area contributed by atoms with Gasteiger partial charge in [0.1, 0.15) is 23.5 Å². The lowest BCUT2D eigenvalue weighted by molar-refractivity contribution is 0.0697. The van der Waals surface area contributed by atoms with Crippen molar-refractivity contribution in [1.29, 1.82) is 0 Å². The normalized spacial score (nSPS) is 17.8. The Bertz CT molecular complexity index is 890. The first kappa shape index (κ1) is 15.6. The zero-order valence-corrected chi connectivity index (χ0v) is 14.4. The number of carbonyl (C=O) groups excluding carboxylic acids is 1. The van der Waals surface area contributed by atoms with Gasteiger partial charge in [0, 0.05) is 39.3 Å². The van der Waals surface area contributed by atoms with Crippen LogP contribution >= 0.6 is 0 Å². The maximum absolute atomic E-state index is 12.9. The number of aromatic amines is 1. The fourth-order valence-corrected chi connectivity index (χ4v) is 3.49. The third kappa shape index (κ3) is 2.84. The molecular weight excluding hydrogens is 318 g/mol. The van der Waals surface area contributed by atoms with E-state index in [1.807, 2.05) is 52.5 Å². The van der Waals surface area contributed by atoms with Gasteiger partial charge in [-0.1, -0.05) is 0 Å². The van der Waals surface area contributed by atoms with E-state index in [0.29, 0.717) is 12.2 Å². The zero-order valence-electron chi connectivity index (χ0n) is 14.4. The molecule has 4 rings (SSSR count). The SMILES string of the molecule is Cn1cccc1-c1cc(C(=O)N2CCC[C@H](c3nncn3C)C2)[nH]n1. The van der Waals surface area contributed by atoms with Crippen LogP contribution in [-0.2, 0) is 14.1 Å². The number of hydrogen-bond acceptors (Lipinski definition) is 4. The van der Waals surface area contributed by atoms with Gasteiger partial charge in [0.2, 0.25) is 0 Å². The van der Waals surface area contributed by atoms with Crippen LogP contribution in [0.5, 0.6) is 0 Å². The molecule has 0 unspecified atom stereocenters. The van der Waals surface area contributed by atoms with E-state index in [1.54, 1.807) is 6.33 Å². The summed E-state index contributed by atoms with van der Waals surface area (Å²) in [7, 11) is 3.90. The molecule has 1 aliphatic heterocycles. The fourth-order valence-electron chi connectivity index (χ4n) is 3.49. The third-order valence-corrected chi connectivity index (χ3v) is 4.83. The van der Waals surface area contributed by atoms with Gasteiger partial charge in [-0.2, -0.15) is 5.10 Å². The second kappa shape index (κ2) is 6.19. The minimum atomic E-state index is -0.0140. The highest BCUT2D eigenvalue weighted by molar-refractivity contribution is 5.93. The number of piperidine rings is 1. The number of likely N-dealkylation sites (tertiary alicyclic amines) is 1. The monoisotopic (exact) mass is 339 g/mol. The summed E-state index contributed by atoms with van der Waals surface area (Å²) in [5, 5.41) is 15.4. The maximum Gasteiger partial charge on any atom is 0.271 e. The summed E-state index contributed by atoms with van der Waals surface area (Å²) >= 11 is 0. The first-order chi connectivity index (χ1) is 12.1. The molecule has 8 nitrogen and oxygen atoms in total. The van der Waals surface area contributed by atoms with Crippen molar-refractivity contribution in [2.45, 2.75) is 18.8 Å². The Hall–Kier alpha value is -2.90. The minimum absolute atomic E-state index is 0.0140. The van der Waals surface area contributed by atoms with Crippen LogP contribution in [0, 0.1) is 0 Å². The van der Waals surface area contributed by atoms with Crippen LogP contribution in [0.4, 0.5) is 0 Å². The number of aromatic nitrogens is 6. The summed E-state index contributed by atoms with van der Waals surface area (Å²) in [6, 6.07) is 5.76. The van der Waals surface area contributed by atoms with Crippen LogP contribution in [0.15, 0.2) is 30.7 Å². The van der Waals surface area contributed by atoms with Gasteiger partial charge < -0.3 is 14.0 Å². The van der Waals surface area contributed by atoms with Gasteiger partial charge in [-0.05, 0) is 31.0 Å². The van der Waals surface area contributed by atoms with Crippen molar-refractivity contribution in [3.8, 4) is 11.4 Å². The molecule has 1 N–H and O–H groups in total. The average molecular weight is 339 g/mol. The Kier molecular flexibility index (Phi) is 3.87. The number of H-pyrrole nitrogens is 1. The van der Waals surface area contributed by atoms with Gasteiger partial charge in [-0.15, -0.1) is 10.2 Å². The quantitative estimate of drug-likeness (QED) is 0.785. The van der Waals surface area contributed by atoms with E-state index < -0.39 is 0 Å². The second-order valence-electron chi connectivity index (χ2n) is 6.56. The first-order valence-electron chi connectivity index (χ1n) is 8.44. The predicted molar refractivity (Wildman–Crippen MR) is 91.9 cm³/mol. The van der Waals surface area contributed by atoms with Crippen molar-refractivity contribution in [2.24, 2.45) is 14.1 Å². The molecule has 3 aromatic heterocycles. The first-order valence-corrected chi connectivity index (χ1v) is 8.44. The zero-order chi connectivity index (χ0) is 17.4. The van der Waals surface area contributed by atoms with E-state index in [1.165, 1.54) is 0 Å². The van der Waals surface area contributed by atoms with E-state index in [2.05, 4.69) is 20.4 Å². The summed E-state index contributed by atoms with van der Waals surface area (Å²) < 4.78 is 3.91. The van der Waals surface area contributed by atoms with Crippen LogP contribution in [0.1, 0.15) is 35.1 Å². The molecule has 1 saturated heterocycles. The summed E-state index contributed by atoms with van der Waals surface area (Å²) in [6.07, 6.45) is 5.65. The summed E-state index contributed by atoms with van der Waals surface area (Å²) in [5.41, 5.74) is 2.28. The van der Waals surface area contributed by atoms with Crippen molar-refractivity contribution in [1.82, 2.24) is 34.4 Å². The van der Waals surface area contributed by atoms with Crippen molar-refractivity contribution in [3.05, 3.63) is 42.2 Å². The lowest BCUT2D eigenvalue weighted by Crippen LogP contribution is -2.39. The Morgan fingerprint density at radius 2 is 2.20 bits per heavy atom. The number of aryl methyl sites for hydroxylation is 2. The molecule has 0 aliphatic carbocycles. The van der Waals surface area contributed by atoms with E-state index in [9.17, 15) is 4.79 Å². The standard InChI is InChI=1S/C17H21N7O/c1-22-7-4-6-15(22)13-9-14(20-19-13)17(25)24-8-3-5-12(10-24)16-21-18-11-23(16)2/h4,6-7,9,11-12H,3,5,8,10H2,1-2H3,(H,19,20)/t12-/m0/s1. The topological polar surface area (TPSA) is 84.6 Å². The smallest absolute Gasteiger partial charge is 0.271 e. The van der Waals surface area contributed by atoms with Gasteiger partial charge >= 0.3 is 0 Å². The highest BCUT2D eigenvalue weighted by Gasteiger charge is 2.29. The summed E-state index contributed by atoms with van der Waals surface area (Å²) in [6.45, 7) is 1.41. The maximum atomic E-state index is 12.9. The number of rotatable bonds is 3. The van der Waals surface area contributed by atoms with Crippen molar-refractivity contribution in [3.63, 3.8) is 0 Å². The van der Waals surface area contributed by atoms with E-state index >= 15 is 0 Å². The van der Waals surface area contributed by atoms with Crippen LogP contribution in [0.3, 0.4) is 0 Å². The third-order valence-electron chi connectivity index (χ3n) is 4.83. The number of amides is 1. The van der Waals surface area contributed by atoms with Gasteiger partial charge in [0.25, 0.3) is 5.91 Å².